The number of aliphatic hydroxyl groups excluding tert-OH is 1. The van der Waals surface area contributed by atoms with Gasteiger partial charge in [0, 0.05) is 17.6 Å². The van der Waals surface area contributed by atoms with Crippen molar-refractivity contribution in [1.82, 2.24) is 4.98 Å². The summed E-state index contributed by atoms with van der Waals surface area (Å²) < 4.78 is 4.88. The molecule has 0 amide bonds. The fourth-order valence-corrected chi connectivity index (χ4v) is 1.17. The molecule has 1 heterocycles. The Labute approximate surface area is 79.5 Å². The van der Waals surface area contributed by atoms with Gasteiger partial charge >= 0.3 is 0 Å². The van der Waals surface area contributed by atoms with Crippen molar-refractivity contribution in [3.63, 3.8) is 0 Å². The molecule has 66 valence electrons. The number of rotatable bonds is 3. The van der Waals surface area contributed by atoms with Gasteiger partial charge in [0.05, 0.1) is 13.2 Å². The zero-order chi connectivity index (χ0) is 8.97. The molecule has 0 aliphatic rings. The van der Waals surface area contributed by atoms with Gasteiger partial charge in [0.25, 0.3) is 0 Å². The molecular formula is C8H10BrNO2. The van der Waals surface area contributed by atoms with E-state index >= 15 is 0 Å². The summed E-state index contributed by atoms with van der Waals surface area (Å²) in [5.74, 6) is 0.556. The zero-order valence-electron chi connectivity index (χ0n) is 6.70. The van der Waals surface area contributed by atoms with E-state index in [1.54, 1.807) is 25.4 Å². The van der Waals surface area contributed by atoms with Gasteiger partial charge in [0.1, 0.15) is 0 Å². The molecule has 1 aromatic heterocycles. The number of alkyl halides is 1. The van der Waals surface area contributed by atoms with Crippen LogP contribution in [0.3, 0.4) is 0 Å². The minimum absolute atomic E-state index is 0.497. The smallest absolute Gasteiger partial charge is 0.212 e. The second-order valence-electron chi connectivity index (χ2n) is 2.30. The Morgan fingerprint density at radius 3 is 2.83 bits per heavy atom. The highest BCUT2D eigenvalue weighted by Crippen LogP contribution is 2.15. The second-order valence-corrected chi connectivity index (χ2v) is 2.95. The van der Waals surface area contributed by atoms with Crippen LogP contribution in [0.1, 0.15) is 11.7 Å². The van der Waals surface area contributed by atoms with Crippen molar-refractivity contribution in [3.05, 3.63) is 23.9 Å². The van der Waals surface area contributed by atoms with Gasteiger partial charge in [-0.15, -0.1) is 0 Å². The lowest BCUT2D eigenvalue weighted by Gasteiger charge is -2.06. The van der Waals surface area contributed by atoms with Crippen molar-refractivity contribution >= 4 is 15.9 Å². The maximum Gasteiger partial charge on any atom is 0.212 e. The summed E-state index contributed by atoms with van der Waals surface area (Å²) in [5.41, 5.74) is 0.785. The predicted octanol–water partition coefficient (Wildman–Crippen LogP) is 1.52. The van der Waals surface area contributed by atoms with Gasteiger partial charge in [0.2, 0.25) is 5.88 Å². The number of aliphatic hydroxyl groups is 1. The molecule has 12 heavy (non-hydrogen) atoms. The van der Waals surface area contributed by atoms with Gasteiger partial charge in [-0.2, -0.15) is 0 Å². The van der Waals surface area contributed by atoms with Crippen LogP contribution in [-0.4, -0.2) is 22.5 Å². The van der Waals surface area contributed by atoms with Crippen LogP contribution in [0.5, 0.6) is 5.88 Å². The molecule has 4 heteroatoms. The van der Waals surface area contributed by atoms with Gasteiger partial charge in [-0.05, 0) is 11.6 Å². The van der Waals surface area contributed by atoms with Crippen molar-refractivity contribution in [2.24, 2.45) is 0 Å². The number of nitrogens with zero attached hydrogens (tertiary/aromatic N) is 1. The van der Waals surface area contributed by atoms with E-state index in [0.29, 0.717) is 11.2 Å². The van der Waals surface area contributed by atoms with Crippen LogP contribution in [0.25, 0.3) is 0 Å². The van der Waals surface area contributed by atoms with Crippen LogP contribution in [0.2, 0.25) is 0 Å². The average Bonchev–Trinajstić information content (AvgIpc) is 2.17. The van der Waals surface area contributed by atoms with E-state index < -0.39 is 6.10 Å². The lowest BCUT2D eigenvalue weighted by atomic mass is 10.2. The molecule has 1 N–H and O–H groups in total. The van der Waals surface area contributed by atoms with Gasteiger partial charge in [-0.1, -0.05) is 15.9 Å². The Balaban J connectivity index is 2.77. The number of hydrogen-bond acceptors (Lipinski definition) is 3. The van der Waals surface area contributed by atoms with Crippen molar-refractivity contribution in [1.29, 1.82) is 0 Å². The third-order valence-electron chi connectivity index (χ3n) is 1.50. The van der Waals surface area contributed by atoms with Crippen molar-refractivity contribution in [2.45, 2.75) is 6.10 Å². The number of aromatic nitrogens is 1. The molecule has 1 rings (SSSR count). The van der Waals surface area contributed by atoms with Crippen LogP contribution in [0, 0.1) is 0 Å². The maximum absolute atomic E-state index is 9.37. The van der Waals surface area contributed by atoms with E-state index in [4.69, 9.17) is 4.74 Å². The summed E-state index contributed by atoms with van der Waals surface area (Å²) in [4.78, 5) is 3.96. The van der Waals surface area contributed by atoms with Gasteiger partial charge in [0.15, 0.2) is 0 Å². The fourth-order valence-electron chi connectivity index (χ4n) is 0.799. The molecule has 0 aromatic carbocycles. The predicted molar refractivity (Wildman–Crippen MR) is 49.5 cm³/mol. The summed E-state index contributed by atoms with van der Waals surface area (Å²) >= 11 is 3.18. The van der Waals surface area contributed by atoms with E-state index in [-0.39, 0.29) is 0 Å². The van der Waals surface area contributed by atoms with Gasteiger partial charge in [-0.3, -0.25) is 0 Å². The maximum atomic E-state index is 9.37. The summed E-state index contributed by atoms with van der Waals surface area (Å²) in [5, 5.41) is 9.88. The van der Waals surface area contributed by atoms with Crippen molar-refractivity contribution in [3.8, 4) is 5.88 Å². The van der Waals surface area contributed by atoms with Crippen LogP contribution < -0.4 is 4.74 Å². The molecule has 0 spiro atoms. The highest BCUT2D eigenvalue weighted by molar-refractivity contribution is 9.09. The molecule has 0 aliphatic carbocycles. The Morgan fingerprint density at radius 2 is 2.42 bits per heavy atom. The first-order valence-corrected chi connectivity index (χ1v) is 4.64. The number of halogens is 1. The second kappa shape index (κ2) is 4.42. The Kier molecular flexibility index (Phi) is 3.49. The third kappa shape index (κ3) is 2.19. The van der Waals surface area contributed by atoms with E-state index in [2.05, 4.69) is 20.9 Å². The molecule has 1 aromatic rings. The number of pyridine rings is 1. The minimum Gasteiger partial charge on any atom is -0.481 e. The first-order chi connectivity index (χ1) is 5.77. The Hall–Kier alpha value is -0.610. The molecule has 0 aliphatic heterocycles. The summed E-state index contributed by atoms with van der Waals surface area (Å²) in [6, 6.07) is 3.51. The normalized spacial score (nSPS) is 12.6. The number of methoxy groups -OCH3 is 1. The fraction of sp³-hybridized carbons (Fsp3) is 0.375. The van der Waals surface area contributed by atoms with Crippen LogP contribution in [0.15, 0.2) is 18.3 Å². The van der Waals surface area contributed by atoms with E-state index in [0.717, 1.165) is 5.56 Å². The van der Waals surface area contributed by atoms with Crippen LogP contribution >= 0.6 is 15.9 Å². The lowest BCUT2D eigenvalue weighted by Crippen LogP contribution is -1.99. The molecule has 1 atom stereocenters. The zero-order valence-corrected chi connectivity index (χ0v) is 8.28. The molecule has 0 saturated heterocycles. The topological polar surface area (TPSA) is 42.4 Å². The number of hydrogen-bond donors (Lipinski definition) is 1. The molecule has 0 saturated carbocycles. The van der Waals surface area contributed by atoms with Crippen molar-refractivity contribution in [2.75, 3.05) is 12.4 Å². The molecule has 1 unspecified atom stereocenters. The minimum atomic E-state index is -0.497. The van der Waals surface area contributed by atoms with Crippen molar-refractivity contribution < 1.29 is 9.84 Å². The molecule has 0 bridgehead atoms. The monoisotopic (exact) mass is 231 g/mol. The first-order valence-electron chi connectivity index (χ1n) is 3.52. The molecular weight excluding hydrogens is 222 g/mol. The first kappa shape index (κ1) is 9.48. The largest absolute Gasteiger partial charge is 0.481 e. The SMILES string of the molecule is COc1ccc(C(O)CBr)cn1. The quantitative estimate of drug-likeness (QED) is 0.803. The van der Waals surface area contributed by atoms with E-state index in [1.807, 2.05) is 0 Å². The van der Waals surface area contributed by atoms with E-state index in [1.165, 1.54) is 0 Å². The Bertz CT molecular complexity index is 237. The highest BCUT2D eigenvalue weighted by atomic mass is 79.9. The van der Waals surface area contributed by atoms with Crippen LogP contribution in [-0.2, 0) is 0 Å². The van der Waals surface area contributed by atoms with Crippen LogP contribution in [0.4, 0.5) is 0 Å². The summed E-state index contributed by atoms with van der Waals surface area (Å²) in [6.07, 6.45) is 1.11. The lowest BCUT2D eigenvalue weighted by molar-refractivity contribution is 0.205. The Morgan fingerprint density at radius 1 is 1.67 bits per heavy atom. The average molecular weight is 232 g/mol. The molecule has 3 nitrogen and oxygen atoms in total. The molecule has 0 radical (unpaired) electrons. The standard InChI is InChI=1S/C8H10BrNO2/c1-12-8-3-2-6(5-10-8)7(11)4-9/h2-3,5,7,11H,4H2,1H3. The number of ether oxygens (including phenoxy) is 1. The third-order valence-corrected chi connectivity index (χ3v) is 2.11. The van der Waals surface area contributed by atoms with E-state index in [9.17, 15) is 5.11 Å². The summed E-state index contributed by atoms with van der Waals surface area (Å²) in [7, 11) is 1.56. The molecule has 0 fully saturated rings. The summed E-state index contributed by atoms with van der Waals surface area (Å²) in [6.45, 7) is 0. The highest BCUT2D eigenvalue weighted by Gasteiger charge is 2.05. The van der Waals surface area contributed by atoms with Gasteiger partial charge in [-0.25, -0.2) is 4.98 Å². The van der Waals surface area contributed by atoms with Gasteiger partial charge < -0.3 is 9.84 Å².